The third-order valence-corrected chi connectivity index (χ3v) is 6.36. The van der Waals surface area contributed by atoms with E-state index < -0.39 is 24.2 Å². The summed E-state index contributed by atoms with van der Waals surface area (Å²) >= 11 is 6.12. The SMILES string of the molecule is CC1(C[C@@H](N)C(=O)N2C[C@@H](F)CC2C(=O)NCc2cc(Cl)ccc2-n2cncn2)CC1. The predicted octanol–water partition coefficient (Wildman–Crippen LogP) is 1.99. The maximum absolute atomic E-state index is 14.2. The summed E-state index contributed by atoms with van der Waals surface area (Å²) in [7, 11) is 0. The van der Waals surface area contributed by atoms with E-state index in [1.54, 1.807) is 29.2 Å². The van der Waals surface area contributed by atoms with Crippen molar-refractivity contribution in [3.05, 3.63) is 41.4 Å². The zero-order valence-electron chi connectivity index (χ0n) is 17.3. The highest BCUT2D eigenvalue weighted by Gasteiger charge is 2.44. The van der Waals surface area contributed by atoms with Crippen LogP contribution in [0.25, 0.3) is 5.69 Å². The van der Waals surface area contributed by atoms with E-state index in [1.165, 1.54) is 11.2 Å². The van der Waals surface area contributed by atoms with Gasteiger partial charge in [0.25, 0.3) is 0 Å². The summed E-state index contributed by atoms with van der Waals surface area (Å²) in [6, 6.07) is 3.62. The molecule has 2 fully saturated rings. The van der Waals surface area contributed by atoms with Gasteiger partial charge in [0, 0.05) is 18.0 Å². The van der Waals surface area contributed by atoms with Gasteiger partial charge in [-0.1, -0.05) is 18.5 Å². The molecule has 10 heteroatoms. The minimum atomic E-state index is -1.25. The number of alkyl halides is 1. The summed E-state index contributed by atoms with van der Waals surface area (Å²) in [5.41, 5.74) is 7.63. The number of hydrogen-bond donors (Lipinski definition) is 2. The fourth-order valence-electron chi connectivity index (χ4n) is 4.08. The molecule has 3 N–H and O–H groups in total. The van der Waals surface area contributed by atoms with E-state index in [1.807, 2.05) is 0 Å². The highest BCUT2D eigenvalue weighted by atomic mass is 35.5. The number of amides is 2. The normalized spacial score (nSPS) is 22.9. The van der Waals surface area contributed by atoms with Gasteiger partial charge in [0.1, 0.15) is 24.9 Å². The van der Waals surface area contributed by atoms with Crippen molar-refractivity contribution in [3.8, 4) is 5.69 Å². The monoisotopic (exact) mass is 448 g/mol. The molecule has 0 bridgehead atoms. The number of nitrogens with zero attached hydrogens (tertiary/aromatic N) is 4. The Morgan fingerprint density at radius 2 is 2.19 bits per heavy atom. The van der Waals surface area contributed by atoms with Gasteiger partial charge < -0.3 is 16.0 Å². The van der Waals surface area contributed by atoms with E-state index >= 15 is 0 Å². The number of carbonyl (C=O) groups excluding carboxylic acids is 2. The molecule has 1 aliphatic heterocycles. The van der Waals surface area contributed by atoms with Crippen LogP contribution in [0.3, 0.4) is 0 Å². The van der Waals surface area contributed by atoms with E-state index in [-0.39, 0.29) is 30.8 Å². The van der Waals surface area contributed by atoms with Gasteiger partial charge in [0.2, 0.25) is 11.8 Å². The van der Waals surface area contributed by atoms with Gasteiger partial charge >= 0.3 is 0 Å². The number of hydrogen-bond acceptors (Lipinski definition) is 5. The van der Waals surface area contributed by atoms with E-state index in [4.69, 9.17) is 17.3 Å². The molecule has 166 valence electrons. The molecule has 0 radical (unpaired) electrons. The third-order valence-electron chi connectivity index (χ3n) is 6.13. The quantitative estimate of drug-likeness (QED) is 0.673. The fourth-order valence-corrected chi connectivity index (χ4v) is 4.27. The first-order valence-electron chi connectivity index (χ1n) is 10.4. The van der Waals surface area contributed by atoms with Crippen LogP contribution >= 0.6 is 11.6 Å². The molecule has 1 saturated carbocycles. The second kappa shape index (κ2) is 8.55. The summed E-state index contributed by atoms with van der Waals surface area (Å²) in [6.45, 7) is 2.13. The Morgan fingerprint density at radius 3 is 2.87 bits per heavy atom. The largest absolute Gasteiger partial charge is 0.350 e. The second-order valence-corrected chi connectivity index (χ2v) is 9.23. The highest BCUT2D eigenvalue weighted by Crippen LogP contribution is 2.48. The van der Waals surface area contributed by atoms with Crippen molar-refractivity contribution < 1.29 is 14.0 Å². The lowest BCUT2D eigenvalue weighted by atomic mass is 9.98. The summed E-state index contributed by atoms with van der Waals surface area (Å²) in [5.74, 6) is -0.776. The van der Waals surface area contributed by atoms with Gasteiger partial charge in [0.05, 0.1) is 18.3 Å². The lowest BCUT2D eigenvalue weighted by Crippen LogP contribution is -2.51. The Kier molecular flexibility index (Phi) is 5.98. The van der Waals surface area contributed by atoms with Crippen LogP contribution in [0.4, 0.5) is 4.39 Å². The third kappa shape index (κ3) is 4.88. The maximum Gasteiger partial charge on any atom is 0.243 e. The van der Waals surface area contributed by atoms with Crippen LogP contribution in [0.15, 0.2) is 30.9 Å². The summed E-state index contributed by atoms with van der Waals surface area (Å²) < 4.78 is 15.7. The molecule has 0 spiro atoms. The Bertz CT molecular complexity index is 965. The van der Waals surface area contributed by atoms with Crippen molar-refractivity contribution in [2.75, 3.05) is 6.54 Å². The molecule has 2 aliphatic rings. The van der Waals surface area contributed by atoms with Crippen LogP contribution in [0, 0.1) is 5.41 Å². The molecule has 4 rings (SSSR count). The van der Waals surface area contributed by atoms with E-state index in [0.29, 0.717) is 17.1 Å². The second-order valence-electron chi connectivity index (χ2n) is 8.79. The Hall–Kier alpha value is -2.52. The number of nitrogens with two attached hydrogens (primary N) is 1. The van der Waals surface area contributed by atoms with Crippen LogP contribution in [0.2, 0.25) is 5.02 Å². The maximum atomic E-state index is 14.2. The summed E-state index contributed by atoms with van der Waals surface area (Å²) in [5, 5.41) is 7.44. The first kappa shape index (κ1) is 21.7. The van der Waals surface area contributed by atoms with Crippen LogP contribution < -0.4 is 11.1 Å². The Balaban J connectivity index is 1.44. The average molecular weight is 449 g/mol. The molecule has 1 unspecified atom stereocenters. The van der Waals surface area contributed by atoms with E-state index in [0.717, 1.165) is 18.4 Å². The number of rotatable bonds is 7. The fraction of sp³-hybridized carbons (Fsp3) is 0.524. The van der Waals surface area contributed by atoms with Crippen molar-refractivity contribution in [1.82, 2.24) is 25.0 Å². The van der Waals surface area contributed by atoms with E-state index in [9.17, 15) is 14.0 Å². The van der Waals surface area contributed by atoms with Gasteiger partial charge in [0.15, 0.2) is 0 Å². The first-order chi connectivity index (χ1) is 14.8. The van der Waals surface area contributed by atoms with Crippen LogP contribution in [0.5, 0.6) is 0 Å². The van der Waals surface area contributed by atoms with Crippen molar-refractivity contribution in [1.29, 1.82) is 0 Å². The molecule has 31 heavy (non-hydrogen) atoms. The van der Waals surface area contributed by atoms with E-state index in [2.05, 4.69) is 22.3 Å². The zero-order chi connectivity index (χ0) is 22.2. The molecule has 1 saturated heterocycles. The molecule has 2 aromatic rings. The minimum Gasteiger partial charge on any atom is -0.350 e. The number of aromatic nitrogens is 3. The smallest absolute Gasteiger partial charge is 0.243 e. The van der Waals surface area contributed by atoms with Crippen molar-refractivity contribution >= 4 is 23.4 Å². The number of carbonyl (C=O) groups is 2. The lowest BCUT2D eigenvalue weighted by Gasteiger charge is -2.27. The van der Waals surface area contributed by atoms with Gasteiger partial charge in [-0.15, -0.1) is 0 Å². The number of nitrogens with one attached hydrogen (secondary N) is 1. The summed E-state index contributed by atoms with van der Waals surface area (Å²) in [4.78, 5) is 31.0. The lowest BCUT2D eigenvalue weighted by molar-refractivity contribution is -0.139. The Morgan fingerprint density at radius 1 is 1.42 bits per heavy atom. The number of halogens is 2. The van der Waals surface area contributed by atoms with Crippen LogP contribution in [0.1, 0.15) is 38.2 Å². The average Bonchev–Trinajstić information content (AvgIpc) is 3.12. The van der Waals surface area contributed by atoms with Crippen LogP contribution in [-0.4, -0.2) is 56.3 Å². The minimum absolute atomic E-state index is 0.0347. The molecule has 1 aliphatic carbocycles. The first-order valence-corrected chi connectivity index (χ1v) is 10.7. The molecule has 1 aromatic heterocycles. The number of benzene rings is 1. The van der Waals surface area contributed by atoms with Crippen molar-refractivity contribution in [3.63, 3.8) is 0 Å². The molecule has 1 aromatic carbocycles. The van der Waals surface area contributed by atoms with Crippen molar-refractivity contribution in [2.24, 2.45) is 11.1 Å². The molecule has 2 amide bonds. The zero-order valence-corrected chi connectivity index (χ0v) is 18.1. The Labute approximate surface area is 184 Å². The van der Waals surface area contributed by atoms with Crippen LogP contribution in [-0.2, 0) is 16.1 Å². The molecular formula is C21H26ClFN6O2. The standard InChI is InChI=1S/C21H26ClFN6O2/c1-21(4-5-21)8-16(24)20(31)28-10-15(23)7-18(28)19(30)26-9-13-6-14(22)2-3-17(13)29-12-25-11-27-29/h2-3,6,11-12,15-16,18H,4-5,7-10,24H2,1H3,(H,26,30)/t15-,16+,18?/m0/s1. The summed E-state index contributed by atoms with van der Waals surface area (Å²) in [6.07, 6.45) is 4.30. The molecule has 2 heterocycles. The molecule has 8 nitrogen and oxygen atoms in total. The van der Waals surface area contributed by atoms with Gasteiger partial charge in [-0.2, -0.15) is 5.10 Å². The van der Waals surface area contributed by atoms with Crippen molar-refractivity contribution in [2.45, 2.75) is 57.4 Å². The highest BCUT2D eigenvalue weighted by molar-refractivity contribution is 6.30. The van der Waals surface area contributed by atoms with Gasteiger partial charge in [-0.25, -0.2) is 14.1 Å². The van der Waals surface area contributed by atoms with Gasteiger partial charge in [-0.3, -0.25) is 9.59 Å². The molecular weight excluding hydrogens is 423 g/mol. The predicted molar refractivity (Wildman–Crippen MR) is 113 cm³/mol. The van der Waals surface area contributed by atoms with Gasteiger partial charge in [-0.05, 0) is 48.4 Å². The number of likely N-dealkylation sites (tertiary alicyclic amines) is 1. The topological polar surface area (TPSA) is 106 Å². The molecule has 3 atom stereocenters.